The Balaban J connectivity index is 6.60. The Morgan fingerprint density at radius 3 is 0.893 bits per heavy atom. The largest absolute Gasteiger partial charge is 0.480 e. The lowest BCUT2D eigenvalue weighted by molar-refractivity contribution is -0.142. The van der Waals surface area contributed by atoms with E-state index in [0.717, 1.165) is 0 Å². The van der Waals surface area contributed by atoms with Crippen molar-refractivity contribution >= 4 is 77.1 Å². The first kappa shape index (κ1) is 67.1. The molecule has 426 valence electrons. The highest BCUT2D eigenvalue weighted by molar-refractivity contribution is 5.98. The van der Waals surface area contributed by atoms with Crippen molar-refractivity contribution < 1.29 is 63.6 Å². The number of hydrogen-bond donors (Lipinski definition) is 25. The second kappa shape index (κ2) is 36.1. The van der Waals surface area contributed by atoms with Gasteiger partial charge in [-0.3, -0.25) is 60.0 Å². The number of aliphatic carboxylic acids is 1. The molecule has 30 N–H and O–H groups in total. The zero-order valence-corrected chi connectivity index (χ0v) is 42.2. The fraction of sp³-hybridized carbons (Fsp3) is 0.683. The highest BCUT2D eigenvalue weighted by Gasteiger charge is 2.35. The quantitative estimate of drug-likeness (QED) is 0.0156. The minimum Gasteiger partial charge on any atom is -0.480 e. The van der Waals surface area contributed by atoms with Gasteiger partial charge in [-0.2, -0.15) is 0 Å². The highest BCUT2D eigenvalue weighted by Crippen LogP contribution is 2.08. The number of guanidine groups is 4. The molecular weight excluding hydrogens is 995 g/mol. The molecule has 0 spiro atoms. The number of nitrogens with one attached hydrogen (secondary N) is 16. The van der Waals surface area contributed by atoms with E-state index in [9.17, 15) is 63.6 Å². The molecular formula is C41H79N21O13. The predicted octanol–water partition coefficient (Wildman–Crippen LogP) is -10.0. The number of hydrogen-bond acceptors (Lipinski definition) is 17. The van der Waals surface area contributed by atoms with Gasteiger partial charge in [0, 0.05) is 26.2 Å². The first-order valence-electron chi connectivity index (χ1n) is 23.7. The average Bonchev–Trinajstić information content (AvgIpc) is 3.33. The molecule has 0 saturated carbocycles. The van der Waals surface area contributed by atoms with E-state index in [0.29, 0.717) is 0 Å². The summed E-state index contributed by atoms with van der Waals surface area (Å²) in [5.74, 6) is -11.8. The number of aliphatic hydroxyl groups excluding tert-OH is 3. The van der Waals surface area contributed by atoms with Crippen molar-refractivity contribution in [3.05, 3.63) is 0 Å². The van der Waals surface area contributed by atoms with Gasteiger partial charge in [0.05, 0.1) is 25.9 Å². The first-order chi connectivity index (χ1) is 35.2. The van der Waals surface area contributed by atoms with E-state index in [1.54, 1.807) is 0 Å². The molecule has 9 atom stereocenters. The van der Waals surface area contributed by atoms with E-state index in [4.69, 9.17) is 50.3 Å². The van der Waals surface area contributed by atoms with Crippen LogP contribution in [0.15, 0.2) is 0 Å². The molecule has 75 heavy (non-hydrogen) atoms. The van der Waals surface area contributed by atoms with Gasteiger partial charge in [-0.1, -0.05) is 13.8 Å². The van der Waals surface area contributed by atoms with Gasteiger partial charge in [0.2, 0.25) is 47.3 Å². The fourth-order valence-electron chi connectivity index (χ4n) is 6.48. The minimum absolute atomic E-state index is 0.000298. The Bertz CT molecular complexity index is 1960. The third-order valence-corrected chi connectivity index (χ3v) is 10.6. The molecule has 0 bridgehead atoms. The van der Waals surface area contributed by atoms with E-state index in [2.05, 4.69) is 63.8 Å². The maximum absolute atomic E-state index is 14.0. The van der Waals surface area contributed by atoms with Gasteiger partial charge >= 0.3 is 5.97 Å². The van der Waals surface area contributed by atoms with Gasteiger partial charge in [0.15, 0.2) is 23.8 Å². The molecule has 34 heteroatoms. The summed E-state index contributed by atoms with van der Waals surface area (Å²) in [5, 5.41) is 98.3. The Hall–Kier alpha value is -7.85. The van der Waals surface area contributed by atoms with Crippen LogP contribution in [-0.4, -0.2) is 198 Å². The van der Waals surface area contributed by atoms with Gasteiger partial charge in [-0.25, -0.2) is 4.79 Å². The van der Waals surface area contributed by atoms with E-state index < -0.39 is 145 Å². The summed E-state index contributed by atoms with van der Waals surface area (Å²) in [7, 11) is 0. The number of carbonyl (C=O) groups is 9. The van der Waals surface area contributed by atoms with Crippen molar-refractivity contribution in [3.8, 4) is 0 Å². The number of carbonyl (C=O) groups excluding carboxylic acids is 8. The van der Waals surface area contributed by atoms with Crippen molar-refractivity contribution in [2.75, 3.05) is 46.0 Å². The topological polar surface area (TPSA) is 604 Å². The molecule has 0 radical (unpaired) electrons. The molecule has 0 fully saturated rings. The summed E-state index contributed by atoms with van der Waals surface area (Å²) in [5.41, 5.74) is 26.9. The molecule has 0 aliphatic rings. The SMILES string of the molecule is CC(C)[C@H](NC(=O)[C@H](CCCNC(=N)N)NC(=O)[C@H](CO)NC(=O)[C@H](C)N)C(=O)N[C@@H](CO)C(=O)N[C@@H](CCCNC(=N)N)C(=O)N[C@@H](CCCNC(=N)N)C(=O)N[C@@H](CO)C(=O)N[C@@H](CCCNC(=N)N)C(=O)O. The summed E-state index contributed by atoms with van der Waals surface area (Å²) in [6.07, 6.45) is -0.350. The maximum Gasteiger partial charge on any atom is 0.326 e. The first-order valence-corrected chi connectivity index (χ1v) is 23.7. The molecule has 0 aliphatic carbocycles. The fourth-order valence-corrected chi connectivity index (χ4v) is 6.48. The van der Waals surface area contributed by atoms with Crippen LogP contribution in [0.3, 0.4) is 0 Å². The standard InChI is InChI=1S/C41H79N21O13/c1-19(2)28(62-32(69)23(10-6-14-53-40(47)48)57-33(70)25(16-63)59-29(66)20(3)42)36(73)61-27(18-65)34(71)56-21(8-4-12-51-38(43)44)30(67)55-22(9-5-13-52-39(45)46)31(68)60-26(17-64)35(72)58-24(37(74)75)11-7-15-54-41(49)50/h19-28,63-65H,4-18,42H2,1-3H3,(H,55,67)(H,56,71)(H,57,70)(H,58,72)(H,59,66)(H,60,68)(H,61,73)(H,62,69)(H,74,75)(H4,43,44,51)(H4,45,46,52)(H4,47,48,53)(H4,49,50,54)/t20-,21-,22-,23-,24-,25-,26-,27-,28-/m0/s1. The number of rotatable bonds is 37. The molecule has 34 nitrogen and oxygen atoms in total. The van der Waals surface area contributed by atoms with E-state index in [-0.39, 0.29) is 89.5 Å². The zero-order chi connectivity index (χ0) is 57.4. The zero-order valence-electron chi connectivity index (χ0n) is 42.2. The van der Waals surface area contributed by atoms with Crippen LogP contribution in [0.4, 0.5) is 0 Å². The molecule has 0 unspecified atom stereocenters. The van der Waals surface area contributed by atoms with Crippen molar-refractivity contribution in [2.45, 2.75) is 127 Å². The molecule has 0 saturated heterocycles. The predicted molar refractivity (Wildman–Crippen MR) is 269 cm³/mol. The normalized spacial score (nSPS) is 14.4. The molecule has 0 aromatic rings. The van der Waals surface area contributed by atoms with Gasteiger partial charge in [-0.15, -0.1) is 0 Å². The van der Waals surface area contributed by atoms with E-state index >= 15 is 0 Å². The molecule has 0 aromatic heterocycles. The van der Waals surface area contributed by atoms with Gasteiger partial charge in [0.25, 0.3) is 0 Å². The second-order valence-electron chi connectivity index (χ2n) is 17.3. The van der Waals surface area contributed by atoms with Crippen LogP contribution in [0.1, 0.15) is 72.1 Å². The lowest BCUT2D eigenvalue weighted by atomic mass is 10.0. The summed E-state index contributed by atoms with van der Waals surface area (Å²) in [6, 6.07) is -13.6. The number of nitrogens with two attached hydrogens (primary N) is 5. The summed E-state index contributed by atoms with van der Waals surface area (Å²) < 4.78 is 0. The van der Waals surface area contributed by atoms with Crippen molar-refractivity contribution in [3.63, 3.8) is 0 Å². The van der Waals surface area contributed by atoms with Crippen LogP contribution in [0, 0.1) is 27.6 Å². The molecule has 0 rings (SSSR count). The minimum atomic E-state index is -1.80. The summed E-state index contributed by atoms with van der Waals surface area (Å²) in [6.45, 7) is 1.58. The number of amides is 8. The monoisotopic (exact) mass is 1070 g/mol. The van der Waals surface area contributed by atoms with Crippen molar-refractivity contribution in [1.82, 2.24) is 63.8 Å². The lowest BCUT2D eigenvalue weighted by Crippen LogP contribution is -2.62. The van der Waals surface area contributed by atoms with E-state index in [1.165, 1.54) is 20.8 Å². The molecule has 0 aromatic carbocycles. The summed E-state index contributed by atoms with van der Waals surface area (Å²) >= 11 is 0. The van der Waals surface area contributed by atoms with Crippen LogP contribution >= 0.6 is 0 Å². The Kier molecular flexibility index (Phi) is 32.4. The van der Waals surface area contributed by atoms with Crippen LogP contribution < -0.4 is 92.5 Å². The lowest BCUT2D eigenvalue weighted by Gasteiger charge is -2.28. The molecule has 0 heterocycles. The maximum atomic E-state index is 14.0. The molecule has 8 amide bonds. The van der Waals surface area contributed by atoms with E-state index in [1.807, 2.05) is 0 Å². The third-order valence-electron chi connectivity index (χ3n) is 10.6. The number of carboxylic acid groups (broad SMARTS) is 1. The Morgan fingerprint density at radius 2 is 0.627 bits per heavy atom. The Labute approximate surface area is 432 Å². The third kappa shape index (κ3) is 28.3. The van der Waals surface area contributed by atoms with Gasteiger partial charge < -0.3 is 113 Å². The van der Waals surface area contributed by atoms with Gasteiger partial charge in [0.1, 0.15) is 48.3 Å². The van der Waals surface area contributed by atoms with Crippen LogP contribution in [0.25, 0.3) is 0 Å². The second-order valence-corrected chi connectivity index (χ2v) is 17.3. The number of carboxylic acids is 1. The average molecular weight is 1070 g/mol. The van der Waals surface area contributed by atoms with Crippen molar-refractivity contribution in [1.29, 1.82) is 21.6 Å². The highest BCUT2D eigenvalue weighted by atomic mass is 16.4. The number of aliphatic hydroxyl groups is 3. The van der Waals surface area contributed by atoms with Crippen LogP contribution in [0.5, 0.6) is 0 Å². The van der Waals surface area contributed by atoms with Crippen LogP contribution in [0.2, 0.25) is 0 Å². The van der Waals surface area contributed by atoms with Crippen molar-refractivity contribution in [2.24, 2.45) is 34.6 Å². The smallest absolute Gasteiger partial charge is 0.326 e. The Morgan fingerprint density at radius 1 is 0.387 bits per heavy atom. The summed E-state index contributed by atoms with van der Waals surface area (Å²) in [4.78, 5) is 119. The van der Waals surface area contributed by atoms with Crippen LogP contribution in [-0.2, 0) is 43.2 Å². The van der Waals surface area contributed by atoms with Gasteiger partial charge in [-0.05, 0) is 64.2 Å². The molecule has 0 aliphatic heterocycles.